The summed E-state index contributed by atoms with van der Waals surface area (Å²) < 4.78 is 34.4. The van der Waals surface area contributed by atoms with Gasteiger partial charge in [-0.05, 0) is 45.4 Å². The van der Waals surface area contributed by atoms with Gasteiger partial charge < -0.3 is 9.42 Å². The maximum Gasteiger partial charge on any atom is 0.274 e. The van der Waals surface area contributed by atoms with Gasteiger partial charge in [0.15, 0.2) is 11.5 Å². The number of benzene rings is 1. The van der Waals surface area contributed by atoms with Crippen LogP contribution in [0.1, 0.15) is 34.1 Å². The Morgan fingerprint density at radius 3 is 2.45 bits per heavy atom. The predicted octanol–water partition coefficient (Wildman–Crippen LogP) is 2.32. The number of para-hydroxylation sites is 1. The first-order valence-electron chi connectivity index (χ1n) is 10.1. The van der Waals surface area contributed by atoms with Crippen molar-refractivity contribution in [1.82, 2.24) is 24.1 Å². The Labute approximate surface area is 181 Å². The van der Waals surface area contributed by atoms with E-state index in [1.54, 1.807) is 29.5 Å². The second-order valence-corrected chi connectivity index (χ2v) is 9.50. The second kappa shape index (κ2) is 8.27. The number of rotatable bonds is 4. The number of sulfonamides is 1. The quantitative estimate of drug-likeness (QED) is 0.613. The lowest BCUT2D eigenvalue weighted by molar-refractivity contribution is 0.0758. The number of carbonyl (C=O) groups excluding carboxylic acids is 1. The van der Waals surface area contributed by atoms with Gasteiger partial charge in [0.05, 0.1) is 5.69 Å². The summed E-state index contributed by atoms with van der Waals surface area (Å²) >= 11 is 0. The van der Waals surface area contributed by atoms with Crippen molar-refractivity contribution in [2.75, 3.05) is 26.2 Å². The molecule has 0 unspecified atom stereocenters. The zero-order valence-corrected chi connectivity index (χ0v) is 18.6. The summed E-state index contributed by atoms with van der Waals surface area (Å²) in [5, 5.41) is 8.25. The van der Waals surface area contributed by atoms with Gasteiger partial charge in [0.2, 0.25) is 10.0 Å². The third-order valence-corrected chi connectivity index (χ3v) is 7.56. The van der Waals surface area contributed by atoms with E-state index in [-0.39, 0.29) is 23.1 Å². The van der Waals surface area contributed by atoms with E-state index in [0.29, 0.717) is 37.4 Å². The van der Waals surface area contributed by atoms with Gasteiger partial charge in [0.25, 0.3) is 5.91 Å². The molecule has 31 heavy (non-hydrogen) atoms. The van der Waals surface area contributed by atoms with Gasteiger partial charge in [-0.2, -0.15) is 9.40 Å². The van der Waals surface area contributed by atoms with E-state index in [1.165, 1.54) is 4.31 Å². The fraction of sp³-hybridized carbons (Fsp3) is 0.381. The van der Waals surface area contributed by atoms with Crippen LogP contribution in [0.15, 0.2) is 45.8 Å². The van der Waals surface area contributed by atoms with Gasteiger partial charge in [-0.25, -0.2) is 13.1 Å². The lowest BCUT2D eigenvalue weighted by Crippen LogP contribution is -2.37. The van der Waals surface area contributed by atoms with Crippen molar-refractivity contribution >= 4 is 15.9 Å². The van der Waals surface area contributed by atoms with Crippen LogP contribution in [0.25, 0.3) is 5.69 Å². The van der Waals surface area contributed by atoms with E-state index in [2.05, 4.69) is 10.3 Å². The zero-order chi connectivity index (χ0) is 22.2. The second-order valence-electron chi connectivity index (χ2n) is 7.62. The summed E-state index contributed by atoms with van der Waals surface area (Å²) in [5.41, 5.74) is 2.43. The third kappa shape index (κ3) is 4.00. The van der Waals surface area contributed by atoms with Crippen LogP contribution in [-0.2, 0) is 10.0 Å². The molecule has 1 fully saturated rings. The fourth-order valence-corrected chi connectivity index (χ4v) is 5.64. The summed E-state index contributed by atoms with van der Waals surface area (Å²) in [6.07, 6.45) is 0.534. The van der Waals surface area contributed by atoms with E-state index in [1.807, 2.05) is 37.3 Å². The summed E-state index contributed by atoms with van der Waals surface area (Å²) in [7, 11) is -3.74. The highest BCUT2D eigenvalue weighted by Crippen LogP contribution is 2.24. The molecule has 2 aromatic heterocycles. The molecule has 164 valence electrons. The molecule has 0 saturated carbocycles. The SMILES string of the molecule is Cc1noc(C)c1S(=O)(=O)N1CCCN(C(=O)c2cc(C)n(-c3ccccc3)n2)CC1. The van der Waals surface area contributed by atoms with Crippen LogP contribution in [-0.4, -0.2) is 64.6 Å². The third-order valence-electron chi connectivity index (χ3n) is 5.42. The Kier molecular flexibility index (Phi) is 5.67. The molecule has 0 atom stereocenters. The van der Waals surface area contributed by atoms with Crippen molar-refractivity contribution in [3.8, 4) is 5.69 Å². The zero-order valence-electron chi connectivity index (χ0n) is 17.8. The number of carbonyl (C=O) groups is 1. The Hall–Kier alpha value is -2.98. The number of aryl methyl sites for hydroxylation is 3. The average Bonchev–Trinajstić information content (AvgIpc) is 3.19. The maximum atomic E-state index is 13.1. The number of aromatic nitrogens is 3. The first-order chi connectivity index (χ1) is 14.8. The van der Waals surface area contributed by atoms with Crippen LogP contribution in [0.3, 0.4) is 0 Å². The van der Waals surface area contributed by atoms with Crippen LogP contribution >= 0.6 is 0 Å². The molecule has 1 saturated heterocycles. The van der Waals surface area contributed by atoms with Crippen LogP contribution in [0.4, 0.5) is 0 Å². The molecule has 0 spiro atoms. The molecular formula is C21H25N5O4S. The predicted molar refractivity (Wildman–Crippen MR) is 114 cm³/mol. The highest BCUT2D eigenvalue weighted by molar-refractivity contribution is 7.89. The number of hydrogen-bond donors (Lipinski definition) is 0. The molecule has 1 aliphatic heterocycles. The molecule has 1 amide bonds. The standard InChI is InChI=1S/C21H25N5O4S/c1-15-14-19(22-26(15)18-8-5-4-6-9-18)21(27)24-10-7-11-25(13-12-24)31(28,29)20-16(2)23-30-17(20)3/h4-6,8-9,14H,7,10-13H2,1-3H3. The lowest BCUT2D eigenvalue weighted by atomic mass is 10.3. The van der Waals surface area contributed by atoms with Gasteiger partial charge in [-0.1, -0.05) is 23.4 Å². The van der Waals surface area contributed by atoms with Gasteiger partial charge in [0, 0.05) is 31.9 Å². The molecule has 4 rings (SSSR count). The normalized spacial score (nSPS) is 15.8. The summed E-state index contributed by atoms with van der Waals surface area (Å²) in [6, 6.07) is 11.4. The van der Waals surface area contributed by atoms with Crippen LogP contribution in [0.2, 0.25) is 0 Å². The molecular weight excluding hydrogens is 418 g/mol. The van der Waals surface area contributed by atoms with E-state index < -0.39 is 10.0 Å². The monoisotopic (exact) mass is 443 g/mol. The molecule has 3 heterocycles. The minimum Gasteiger partial charge on any atom is -0.360 e. The van der Waals surface area contributed by atoms with Gasteiger partial charge >= 0.3 is 0 Å². The smallest absolute Gasteiger partial charge is 0.274 e. The molecule has 0 aliphatic carbocycles. The largest absolute Gasteiger partial charge is 0.360 e. The molecule has 3 aromatic rings. The van der Waals surface area contributed by atoms with E-state index in [9.17, 15) is 13.2 Å². The molecule has 0 bridgehead atoms. The minimum absolute atomic E-state index is 0.115. The van der Waals surface area contributed by atoms with Crippen molar-refractivity contribution < 1.29 is 17.7 Å². The summed E-state index contributed by atoms with van der Waals surface area (Å²) in [6.45, 7) is 6.39. The van der Waals surface area contributed by atoms with Crippen LogP contribution < -0.4 is 0 Å². The topological polar surface area (TPSA) is 102 Å². The highest BCUT2D eigenvalue weighted by atomic mass is 32.2. The summed E-state index contributed by atoms with van der Waals surface area (Å²) in [4.78, 5) is 14.9. The number of hydrogen-bond acceptors (Lipinski definition) is 6. The highest BCUT2D eigenvalue weighted by Gasteiger charge is 2.33. The van der Waals surface area contributed by atoms with E-state index >= 15 is 0 Å². The molecule has 1 aliphatic rings. The van der Waals surface area contributed by atoms with Crippen molar-refractivity contribution in [1.29, 1.82) is 0 Å². The Morgan fingerprint density at radius 1 is 1.03 bits per heavy atom. The average molecular weight is 444 g/mol. The maximum absolute atomic E-state index is 13.1. The number of nitrogens with zero attached hydrogens (tertiary/aromatic N) is 5. The summed E-state index contributed by atoms with van der Waals surface area (Å²) in [5.74, 6) is 0.0750. The van der Waals surface area contributed by atoms with E-state index in [4.69, 9.17) is 4.52 Å². The number of amides is 1. The van der Waals surface area contributed by atoms with Gasteiger partial charge in [-0.3, -0.25) is 4.79 Å². The van der Waals surface area contributed by atoms with Gasteiger partial charge in [0.1, 0.15) is 10.6 Å². The van der Waals surface area contributed by atoms with Crippen molar-refractivity contribution in [3.63, 3.8) is 0 Å². The minimum atomic E-state index is -3.74. The van der Waals surface area contributed by atoms with Crippen LogP contribution in [0, 0.1) is 20.8 Å². The first kappa shape index (κ1) is 21.3. The Bertz CT molecular complexity index is 1180. The molecule has 0 N–H and O–H groups in total. The van der Waals surface area contributed by atoms with Crippen molar-refractivity contribution in [3.05, 3.63) is 59.2 Å². The molecule has 0 radical (unpaired) electrons. The lowest BCUT2D eigenvalue weighted by Gasteiger charge is -2.21. The van der Waals surface area contributed by atoms with Gasteiger partial charge in [-0.15, -0.1) is 0 Å². The van der Waals surface area contributed by atoms with Crippen molar-refractivity contribution in [2.45, 2.75) is 32.1 Å². The van der Waals surface area contributed by atoms with Crippen LogP contribution in [0.5, 0.6) is 0 Å². The molecule has 10 heteroatoms. The molecule has 1 aromatic carbocycles. The fourth-order valence-electron chi connectivity index (χ4n) is 3.88. The first-order valence-corrected chi connectivity index (χ1v) is 11.6. The Balaban J connectivity index is 1.51. The van der Waals surface area contributed by atoms with Crippen molar-refractivity contribution in [2.24, 2.45) is 0 Å². The molecule has 9 nitrogen and oxygen atoms in total. The van der Waals surface area contributed by atoms with E-state index in [0.717, 1.165) is 11.4 Å². The Morgan fingerprint density at radius 2 is 1.77 bits per heavy atom.